The molecule has 1 aliphatic carbocycles. The van der Waals surface area contributed by atoms with Crippen molar-refractivity contribution < 1.29 is 0 Å². The van der Waals surface area contributed by atoms with Crippen LogP contribution < -0.4 is 5.32 Å². The first-order chi connectivity index (χ1) is 9.56. The van der Waals surface area contributed by atoms with Crippen molar-refractivity contribution in [2.24, 2.45) is 18.9 Å². The van der Waals surface area contributed by atoms with E-state index < -0.39 is 0 Å². The molecule has 0 spiro atoms. The zero-order chi connectivity index (χ0) is 14.7. The Labute approximate surface area is 128 Å². The van der Waals surface area contributed by atoms with Crippen molar-refractivity contribution in [1.82, 2.24) is 15.1 Å². The lowest BCUT2D eigenvalue weighted by Crippen LogP contribution is -2.41. The molecule has 1 heterocycles. The van der Waals surface area contributed by atoms with Gasteiger partial charge in [-0.1, -0.05) is 31.9 Å². The summed E-state index contributed by atoms with van der Waals surface area (Å²) < 4.78 is 1.97. The van der Waals surface area contributed by atoms with Crippen molar-refractivity contribution in [3.8, 4) is 0 Å². The predicted octanol–water partition coefficient (Wildman–Crippen LogP) is 3.73. The molecule has 1 aliphatic rings. The van der Waals surface area contributed by atoms with Crippen LogP contribution in [0.2, 0.25) is 5.02 Å². The van der Waals surface area contributed by atoms with Gasteiger partial charge in [-0.05, 0) is 51.0 Å². The molecule has 3 nitrogen and oxygen atoms in total. The fourth-order valence-electron chi connectivity index (χ4n) is 3.64. The van der Waals surface area contributed by atoms with Gasteiger partial charge < -0.3 is 5.32 Å². The highest BCUT2D eigenvalue weighted by molar-refractivity contribution is 6.31. The molecular formula is C16H28ClN3. The van der Waals surface area contributed by atoms with Crippen LogP contribution in [0.5, 0.6) is 0 Å². The minimum absolute atomic E-state index is 0.633. The molecule has 3 unspecified atom stereocenters. The van der Waals surface area contributed by atoms with Crippen LogP contribution in [0.1, 0.15) is 50.9 Å². The van der Waals surface area contributed by atoms with Gasteiger partial charge in [0.2, 0.25) is 0 Å². The van der Waals surface area contributed by atoms with Gasteiger partial charge in [-0.15, -0.1) is 0 Å². The summed E-state index contributed by atoms with van der Waals surface area (Å²) in [6.45, 7) is 7.56. The summed E-state index contributed by atoms with van der Waals surface area (Å²) in [6, 6.07) is 0.633. The Bertz CT molecular complexity index is 441. The van der Waals surface area contributed by atoms with Crippen molar-refractivity contribution in [3.63, 3.8) is 0 Å². The third-order valence-electron chi connectivity index (χ3n) is 4.85. The highest BCUT2D eigenvalue weighted by Gasteiger charge is 2.30. The fourth-order valence-corrected chi connectivity index (χ4v) is 3.88. The van der Waals surface area contributed by atoms with Crippen LogP contribution in [0, 0.1) is 18.8 Å². The molecule has 1 N–H and O–H groups in total. The lowest BCUT2D eigenvalue weighted by molar-refractivity contribution is 0.198. The van der Waals surface area contributed by atoms with E-state index in [4.69, 9.17) is 11.6 Å². The summed E-state index contributed by atoms with van der Waals surface area (Å²) in [5, 5.41) is 8.99. The number of halogens is 1. The Morgan fingerprint density at radius 2 is 2.10 bits per heavy atom. The first kappa shape index (κ1) is 15.8. The maximum Gasteiger partial charge on any atom is 0.0847 e. The van der Waals surface area contributed by atoms with Gasteiger partial charge in [0.05, 0.1) is 16.4 Å². The largest absolute Gasteiger partial charge is 0.314 e. The van der Waals surface area contributed by atoms with Gasteiger partial charge in [-0.3, -0.25) is 4.68 Å². The second-order valence-electron chi connectivity index (χ2n) is 6.19. The van der Waals surface area contributed by atoms with Crippen molar-refractivity contribution in [3.05, 3.63) is 16.4 Å². The van der Waals surface area contributed by atoms with Crippen LogP contribution in [0.25, 0.3) is 0 Å². The van der Waals surface area contributed by atoms with E-state index in [1.54, 1.807) is 0 Å². The SMILES string of the molecule is CCNC1CCC(CC)CC1Cc1c(Cl)c(C)nn1C. The molecule has 2 rings (SSSR count). The number of nitrogens with one attached hydrogen (secondary N) is 1. The molecule has 1 fully saturated rings. The number of hydrogen-bond donors (Lipinski definition) is 1. The second-order valence-corrected chi connectivity index (χ2v) is 6.56. The molecule has 1 aromatic rings. The smallest absolute Gasteiger partial charge is 0.0847 e. The maximum absolute atomic E-state index is 6.42. The van der Waals surface area contributed by atoms with E-state index in [2.05, 4.69) is 24.3 Å². The summed E-state index contributed by atoms with van der Waals surface area (Å²) in [5.41, 5.74) is 2.15. The summed E-state index contributed by atoms with van der Waals surface area (Å²) in [5.74, 6) is 1.56. The van der Waals surface area contributed by atoms with Gasteiger partial charge in [0.15, 0.2) is 0 Å². The summed E-state index contributed by atoms with van der Waals surface area (Å²) in [7, 11) is 2.01. The molecule has 0 bridgehead atoms. The second kappa shape index (κ2) is 6.95. The topological polar surface area (TPSA) is 29.9 Å². The zero-order valence-corrected chi connectivity index (χ0v) is 14.0. The molecular weight excluding hydrogens is 270 g/mol. The summed E-state index contributed by atoms with van der Waals surface area (Å²) in [4.78, 5) is 0. The minimum atomic E-state index is 0.633. The Kier molecular flexibility index (Phi) is 5.50. The van der Waals surface area contributed by atoms with Crippen LogP contribution in [0.4, 0.5) is 0 Å². The van der Waals surface area contributed by atoms with Crippen LogP contribution in [0.15, 0.2) is 0 Å². The number of hydrogen-bond acceptors (Lipinski definition) is 2. The van der Waals surface area contributed by atoms with E-state index in [1.165, 1.54) is 31.4 Å². The molecule has 0 aliphatic heterocycles. The summed E-state index contributed by atoms with van der Waals surface area (Å²) in [6.07, 6.45) is 6.32. The maximum atomic E-state index is 6.42. The van der Waals surface area contributed by atoms with E-state index in [9.17, 15) is 0 Å². The predicted molar refractivity (Wildman–Crippen MR) is 85.2 cm³/mol. The van der Waals surface area contributed by atoms with Crippen molar-refractivity contribution in [2.45, 2.75) is 58.9 Å². The first-order valence-electron chi connectivity index (χ1n) is 7.98. The van der Waals surface area contributed by atoms with Crippen LogP contribution in [-0.2, 0) is 13.5 Å². The van der Waals surface area contributed by atoms with Crippen molar-refractivity contribution in [2.75, 3.05) is 6.54 Å². The van der Waals surface area contributed by atoms with Crippen LogP contribution >= 0.6 is 11.6 Å². The Morgan fingerprint density at radius 1 is 1.35 bits per heavy atom. The molecule has 0 aromatic carbocycles. The molecule has 0 radical (unpaired) electrons. The number of nitrogens with zero attached hydrogens (tertiary/aromatic N) is 2. The molecule has 20 heavy (non-hydrogen) atoms. The number of aryl methyl sites for hydroxylation is 2. The van der Waals surface area contributed by atoms with Gasteiger partial charge in [0.25, 0.3) is 0 Å². The third kappa shape index (κ3) is 3.37. The molecule has 1 saturated carbocycles. The van der Waals surface area contributed by atoms with Gasteiger partial charge in [-0.2, -0.15) is 5.10 Å². The molecule has 0 amide bonds. The quantitative estimate of drug-likeness (QED) is 0.897. The molecule has 3 atom stereocenters. The fraction of sp³-hybridized carbons (Fsp3) is 0.812. The molecule has 1 aromatic heterocycles. The lowest BCUT2D eigenvalue weighted by Gasteiger charge is -2.36. The average Bonchev–Trinajstić information content (AvgIpc) is 2.67. The number of rotatable bonds is 5. The Balaban J connectivity index is 2.13. The highest BCUT2D eigenvalue weighted by atomic mass is 35.5. The third-order valence-corrected chi connectivity index (χ3v) is 5.34. The van der Waals surface area contributed by atoms with E-state index in [0.717, 1.165) is 29.6 Å². The van der Waals surface area contributed by atoms with Crippen LogP contribution in [-0.4, -0.2) is 22.4 Å². The minimum Gasteiger partial charge on any atom is -0.314 e. The Hall–Kier alpha value is -0.540. The Morgan fingerprint density at radius 3 is 2.65 bits per heavy atom. The normalized spacial score (nSPS) is 26.9. The van der Waals surface area contributed by atoms with E-state index >= 15 is 0 Å². The van der Waals surface area contributed by atoms with Crippen LogP contribution in [0.3, 0.4) is 0 Å². The van der Waals surface area contributed by atoms with Gasteiger partial charge in [0.1, 0.15) is 0 Å². The van der Waals surface area contributed by atoms with Gasteiger partial charge in [0, 0.05) is 13.1 Å². The molecule has 0 saturated heterocycles. The van der Waals surface area contributed by atoms with Gasteiger partial charge in [-0.25, -0.2) is 0 Å². The van der Waals surface area contributed by atoms with E-state index in [1.807, 2.05) is 18.7 Å². The lowest BCUT2D eigenvalue weighted by atomic mass is 9.75. The average molecular weight is 298 g/mol. The van der Waals surface area contributed by atoms with E-state index in [0.29, 0.717) is 12.0 Å². The molecule has 4 heteroatoms. The van der Waals surface area contributed by atoms with E-state index in [-0.39, 0.29) is 0 Å². The monoisotopic (exact) mass is 297 g/mol. The highest BCUT2D eigenvalue weighted by Crippen LogP contribution is 2.35. The van der Waals surface area contributed by atoms with Gasteiger partial charge >= 0.3 is 0 Å². The summed E-state index contributed by atoms with van der Waals surface area (Å²) >= 11 is 6.42. The van der Waals surface area contributed by atoms with Crippen molar-refractivity contribution >= 4 is 11.6 Å². The zero-order valence-electron chi connectivity index (χ0n) is 13.2. The standard InChI is InChI=1S/C16H28ClN3/c1-5-12-7-8-14(18-6-2)13(9-12)10-15-16(17)11(3)19-20(15)4/h12-14,18H,5-10H2,1-4H3. The number of aromatic nitrogens is 2. The first-order valence-corrected chi connectivity index (χ1v) is 8.35. The molecule has 114 valence electrons. The van der Waals surface area contributed by atoms with Crippen molar-refractivity contribution in [1.29, 1.82) is 0 Å².